The number of benzene rings is 3. The third-order valence-corrected chi connectivity index (χ3v) is 5.31. The number of rotatable bonds is 6. The van der Waals surface area contributed by atoms with Crippen molar-refractivity contribution in [3.63, 3.8) is 0 Å². The number of carbonyl (C=O) groups is 1. The number of carbonyl (C=O) groups excluding carboxylic acids is 1. The molecule has 3 aromatic carbocycles. The number of aromatic nitrogens is 2. The van der Waals surface area contributed by atoms with Gasteiger partial charge >= 0.3 is 0 Å². The Bertz CT molecular complexity index is 1180. The van der Waals surface area contributed by atoms with Gasteiger partial charge in [0.25, 0.3) is 5.91 Å². The number of hydrogen-bond acceptors (Lipinski definition) is 3. The number of para-hydroxylation sites is 1. The maximum absolute atomic E-state index is 13.7. The Morgan fingerprint density at radius 3 is 2.19 bits per heavy atom. The largest absolute Gasteiger partial charge is 0.480 e. The molecule has 0 aliphatic heterocycles. The lowest BCUT2D eigenvalue weighted by Crippen LogP contribution is -2.27. The Morgan fingerprint density at radius 1 is 0.935 bits per heavy atom. The second kappa shape index (κ2) is 8.88. The molecule has 1 amide bonds. The summed E-state index contributed by atoms with van der Waals surface area (Å²) in [5, 5.41) is 4.79. The first-order valence-corrected chi connectivity index (χ1v) is 10.2. The molecule has 0 unspecified atom stereocenters. The van der Waals surface area contributed by atoms with Crippen LogP contribution in [0.1, 0.15) is 21.5 Å². The first kappa shape index (κ1) is 20.4. The summed E-state index contributed by atoms with van der Waals surface area (Å²) in [5.41, 5.74) is 5.00. The third kappa shape index (κ3) is 4.08. The number of methoxy groups -OCH3 is 1. The molecule has 5 heteroatoms. The predicted octanol–water partition coefficient (Wildman–Crippen LogP) is 5.13. The highest BCUT2D eigenvalue weighted by Gasteiger charge is 2.28. The number of hydrogen-bond donors (Lipinski definition) is 0. The Hall–Kier alpha value is -3.86. The number of ether oxygens (including phenoxy) is 1. The molecule has 0 aliphatic carbocycles. The van der Waals surface area contributed by atoms with E-state index in [1.165, 1.54) is 0 Å². The Kier molecular flexibility index (Phi) is 5.85. The van der Waals surface area contributed by atoms with E-state index in [0.29, 0.717) is 23.7 Å². The molecule has 0 bridgehead atoms. The average Bonchev–Trinajstić information content (AvgIpc) is 3.21. The van der Waals surface area contributed by atoms with Gasteiger partial charge in [0.2, 0.25) is 5.88 Å². The fraction of sp³-hybridized carbons (Fsp3) is 0.154. The van der Waals surface area contributed by atoms with Gasteiger partial charge in [-0.05, 0) is 30.2 Å². The van der Waals surface area contributed by atoms with E-state index < -0.39 is 0 Å². The molecule has 0 saturated heterocycles. The minimum absolute atomic E-state index is 0.138. The smallest absolute Gasteiger partial charge is 0.261 e. The fourth-order valence-corrected chi connectivity index (χ4v) is 3.63. The molecular weight excluding hydrogens is 386 g/mol. The van der Waals surface area contributed by atoms with Crippen LogP contribution in [-0.4, -0.2) is 34.7 Å². The van der Waals surface area contributed by atoms with Crippen LogP contribution in [0.25, 0.3) is 16.9 Å². The molecule has 0 atom stereocenters. The van der Waals surface area contributed by atoms with E-state index in [4.69, 9.17) is 9.84 Å². The molecule has 1 heterocycles. The summed E-state index contributed by atoms with van der Waals surface area (Å²) in [7, 11) is 3.38. The van der Waals surface area contributed by atoms with Crippen molar-refractivity contribution >= 4 is 5.91 Å². The fourth-order valence-electron chi connectivity index (χ4n) is 3.63. The van der Waals surface area contributed by atoms with Crippen LogP contribution in [0.5, 0.6) is 5.88 Å². The van der Waals surface area contributed by atoms with E-state index in [1.54, 1.807) is 16.7 Å². The molecule has 0 radical (unpaired) electrons. The van der Waals surface area contributed by atoms with Gasteiger partial charge in [0.05, 0.1) is 12.8 Å². The van der Waals surface area contributed by atoms with Crippen LogP contribution in [0.3, 0.4) is 0 Å². The molecule has 4 aromatic rings. The highest BCUT2D eigenvalue weighted by atomic mass is 16.5. The van der Waals surface area contributed by atoms with Crippen molar-refractivity contribution in [1.82, 2.24) is 14.7 Å². The minimum atomic E-state index is -0.138. The molecule has 4 rings (SSSR count). The maximum atomic E-state index is 13.7. The van der Waals surface area contributed by atoms with Crippen LogP contribution >= 0.6 is 0 Å². The van der Waals surface area contributed by atoms with Crippen molar-refractivity contribution in [3.8, 4) is 22.8 Å². The van der Waals surface area contributed by atoms with E-state index in [9.17, 15) is 4.79 Å². The molecule has 156 valence electrons. The Balaban J connectivity index is 1.82. The zero-order chi connectivity index (χ0) is 21.8. The Labute approximate surface area is 182 Å². The van der Waals surface area contributed by atoms with E-state index in [0.717, 1.165) is 22.4 Å². The van der Waals surface area contributed by atoms with Gasteiger partial charge in [-0.25, -0.2) is 0 Å². The minimum Gasteiger partial charge on any atom is -0.480 e. The SMILES string of the molecule is COc1c(C(=O)N(C)Cc2ccccc2C)c(-c2ccccc2)nn1-c1ccccc1. The summed E-state index contributed by atoms with van der Waals surface area (Å²) >= 11 is 0. The zero-order valence-corrected chi connectivity index (χ0v) is 17.9. The lowest BCUT2D eigenvalue weighted by Gasteiger charge is -2.19. The number of nitrogens with zero attached hydrogens (tertiary/aromatic N) is 3. The molecule has 0 N–H and O–H groups in total. The highest BCUT2D eigenvalue weighted by Crippen LogP contribution is 2.33. The van der Waals surface area contributed by atoms with Gasteiger partial charge in [0.1, 0.15) is 11.3 Å². The highest BCUT2D eigenvalue weighted by molar-refractivity contribution is 6.02. The summed E-state index contributed by atoms with van der Waals surface area (Å²) < 4.78 is 7.42. The van der Waals surface area contributed by atoms with Crippen LogP contribution in [0, 0.1) is 6.92 Å². The molecule has 1 aromatic heterocycles. The average molecular weight is 412 g/mol. The first-order chi connectivity index (χ1) is 15.1. The molecule has 5 nitrogen and oxygen atoms in total. The van der Waals surface area contributed by atoms with E-state index >= 15 is 0 Å². The molecule has 0 saturated carbocycles. The summed E-state index contributed by atoms with van der Waals surface area (Å²) in [5.74, 6) is 0.285. The van der Waals surface area contributed by atoms with Crippen molar-refractivity contribution in [2.45, 2.75) is 13.5 Å². The lowest BCUT2D eigenvalue weighted by molar-refractivity contribution is 0.0782. The van der Waals surface area contributed by atoms with Crippen molar-refractivity contribution in [2.75, 3.05) is 14.2 Å². The topological polar surface area (TPSA) is 47.4 Å². The van der Waals surface area contributed by atoms with Crippen LogP contribution in [0.15, 0.2) is 84.9 Å². The molecule has 0 fully saturated rings. The van der Waals surface area contributed by atoms with Gasteiger partial charge in [-0.2, -0.15) is 9.78 Å². The van der Waals surface area contributed by atoms with E-state index in [2.05, 4.69) is 13.0 Å². The van der Waals surface area contributed by atoms with E-state index in [1.807, 2.05) is 85.9 Å². The second-order valence-corrected chi connectivity index (χ2v) is 7.43. The van der Waals surface area contributed by atoms with Gasteiger partial charge in [-0.15, -0.1) is 0 Å². The normalized spacial score (nSPS) is 10.7. The van der Waals surface area contributed by atoms with Crippen LogP contribution in [0.4, 0.5) is 0 Å². The van der Waals surface area contributed by atoms with Gasteiger partial charge < -0.3 is 9.64 Å². The first-order valence-electron chi connectivity index (χ1n) is 10.2. The lowest BCUT2D eigenvalue weighted by atomic mass is 10.1. The monoisotopic (exact) mass is 411 g/mol. The number of amides is 1. The van der Waals surface area contributed by atoms with Crippen molar-refractivity contribution in [2.24, 2.45) is 0 Å². The van der Waals surface area contributed by atoms with Gasteiger partial charge in [0, 0.05) is 19.2 Å². The standard InChI is InChI=1S/C26H25N3O2/c1-19-12-10-11-15-21(19)18-28(2)25(30)23-24(20-13-6-4-7-14-20)27-29(26(23)31-3)22-16-8-5-9-17-22/h4-17H,18H2,1-3H3. The van der Waals surface area contributed by atoms with Gasteiger partial charge in [-0.1, -0.05) is 72.8 Å². The van der Waals surface area contributed by atoms with Crippen molar-refractivity contribution < 1.29 is 9.53 Å². The summed E-state index contributed by atoms with van der Waals surface area (Å²) in [6, 6.07) is 27.5. The molecule has 31 heavy (non-hydrogen) atoms. The summed E-state index contributed by atoms with van der Waals surface area (Å²) in [4.78, 5) is 15.4. The molecular formula is C26H25N3O2. The molecule has 0 spiro atoms. The van der Waals surface area contributed by atoms with Gasteiger partial charge in [0.15, 0.2) is 0 Å². The maximum Gasteiger partial charge on any atom is 0.261 e. The zero-order valence-electron chi connectivity index (χ0n) is 17.9. The van der Waals surface area contributed by atoms with E-state index in [-0.39, 0.29) is 5.91 Å². The number of aryl methyl sites for hydroxylation is 1. The third-order valence-electron chi connectivity index (χ3n) is 5.31. The second-order valence-electron chi connectivity index (χ2n) is 7.43. The summed E-state index contributed by atoms with van der Waals surface area (Å²) in [6.45, 7) is 2.55. The van der Waals surface area contributed by atoms with Gasteiger partial charge in [-0.3, -0.25) is 4.79 Å². The van der Waals surface area contributed by atoms with Crippen LogP contribution < -0.4 is 4.74 Å². The van der Waals surface area contributed by atoms with Crippen molar-refractivity contribution in [3.05, 3.63) is 102 Å². The summed E-state index contributed by atoms with van der Waals surface area (Å²) in [6.07, 6.45) is 0. The molecule has 0 aliphatic rings. The Morgan fingerprint density at radius 2 is 1.55 bits per heavy atom. The van der Waals surface area contributed by atoms with Crippen LogP contribution in [-0.2, 0) is 6.54 Å². The van der Waals surface area contributed by atoms with Crippen LogP contribution in [0.2, 0.25) is 0 Å². The predicted molar refractivity (Wildman–Crippen MR) is 123 cm³/mol. The quantitative estimate of drug-likeness (QED) is 0.442. The van der Waals surface area contributed by atoms with Crippen molar-refractivity contribution in [1.29, 1.82) is 0 Å².